The molecule has 25 heavy (non-hydrogen) atoms. The number of amides is 2. The smallest absolute Gasteiger partial charge is 0.254 e. The van der Waals surface area contributed by atoms with Crippen LogP contribution in [0.2, 0.25) is 0 Å². The zero-order valence-corrected chi connectivity index (χ0v) is 15.6. The van der Waals surface area contributed by atoms with Gasteiger partial charge in [0, 0.05) is 18.3 Å². The highest BCUT2D eigenvalue weighted by Gasteiger charge is 2.25. The molecule has 1 aromatic rings. The number of aliphatic hydroxyl groups is 1. The minimum absolute atomic E-state index is 0.125. The number of nitrogens with one attached hydrogen (secondary N) is 2. The largest absolute Gasteiger partial charge is 0.383 e. The summed E-state index contributed by atoms with van der Waals surface area (Å²) in [6.07, 6.45) is 6.42. The number of carbonyl (C=O) groups excluding carboxylic acids is 2. The summed E-state index contributed by atoms with van der Waals surface area (Å²) >= 11 is 0. The van der Waals surface area contributed by atoms with Crippen LogP contribution in [0.3, 0.4) is 0 Å². The van der Waals surface area contributed by atoms with Crippen LogP contribution in [-0.2, 0) is 4.79 Å². The second-order valence-corrected chi connectivity index (χ2v) is 7.86. The zero-order chi connectivity index (χ0) is 18.6. The molecule has 0 saturated heterocycles. The van der Waals surface area contributed by atoms with Crippen molar-refractivity contribution in [3.8, 4) is 0 Å². The molecule has 1 saturated carbocycles. The van der Waals surface area contributed by atoms with Crippen LogP contribution in [0.15, 0.2) is 12.4 Å². The summed E-state index contributed by atoms with van der Waals surface area (Å²) in [6.45, 7) is 7.78. The van der Waals surface area contributed by atoms with Gasteiger partial charge in [-0.2, -0.15) is 5.10 Å². The topological polar surface area (TPSA) is 96.2 Å². The lowest BCUT2D eigenvalue weighted by Crippen LogP contribution is -2.46. The van der Waals surface area contributed by atoms with Gasteiger partial charge >= 0.3 is 0 Å². The Hall–Kier alpha value is -1.89. The van der Waals surface area contributed by atoms with Gasteiger partial charge in [-0.25, -0.2) is 0 Å². The minimum Gasteiger partial charge on any atom is -0.383 e. The summed E-state index contributed by atoms with van der Waals surface area (Å²) in [5.74, 6) is -0.664. The van der Waals surface area contributed by atoms with Crippen molar-refractivity contribution in [2.45, 2.75) is 71.1 Å². The van der Waals surface area contributed by atoms with Gasteiger partial charge in [-0.15, -0.1) is 0 Å². The Labute approximate surface area is 149 Å². The summed E-state index contributed by atoms with van der Waals surface area (Å²) < 4.78 is 1.87. The number of hydrogen-bond acceptors (Lipinski definition) is 4. The van der Waals surface area contributed by atoms with E-state index in [1.807, 2.05) is 18.5 Å². The van der Waals surface area contributed by atoms with Gasteiger partial charge in [0.1, 0.15) is 6.10 Å². The second-order valence-electron chi connectivity index (χ2n) is 7.86. The molecule has 7 heteroatoms. The van der Waals surface area contributed by atoms with Crippen molar-refractivity contribution in [3.05, 3.63) is 18.0 Å². The zero-order valence-electron chi connectivity index (χ0n) is 15.6. The maximum atomic E-state index is 12.4. The predicted octanol–water partition coefficient (Wildman–Crippen LogP) is 1.64. The number of carbonyl (C=O) groups is 2. The molecule has 3 N–H and O–H groups in total. The van der Waals surface area contributed by atoms with E-state index in [2.05, 4.69) is 15.7 Å². The minimum atomic E-state index is -1.00. The molecule has 1 atom stereocenters. The van der Waals surface area contributed by atoms with Crippen molar-refractivity contribution in [2.24, 2.45) is 5.92 Å². The van der Waals surface area contributed by atoms with Gasteiger partial charge in [-0.3, -0.25) is 14.3 Å². The Morgan fingerprint density at radius 2 is 2.08 bits per heavy atom. The SMILES string of the molecule is CC(C)[C@@H](O)C(=O)NCCC(C)(C)NC(=O)c1cnn(C2CCC2)c1. The lowest BCUT2D eigenvalue weighted by atomic mass is 9.93. The first-order valence-electron chi connectivity index (χ1n) is 9.02. The molecule has 0 unspecified atom stereocenters. The van der Waals surface area contributed by atoms with Crippen LogP contribution in [0.1, 0.15) is 69.8 Å². The second kappa shape index (κ2) is 7.99. The van der Waals surface area contributed by atoms with Crippen LogP contribution in [0.5, 0.6) is 0 Å². The maximum Gasteiger partial charge on any atom is 0.254 e. The Morgan fingerprint density at radius 3 is 2.64 bits per heavy atom. The van der Waals surface area contributed by atoms with E-state index in [9.17, 15) is 14.7 Å². The van der Waals surface area contributed by atoms with Gasteiger partial charge in [-0.1, -0.05) is 13.8 Å². The van der Waals surface area contributed by atoms with E-state index in [-0.39, 0.29) is 17.7 Å². The highest BCUT2D eigenvalue weighted by atomic mass is 16.3. The molecule has 0 radical (unpaired) electrons. The first-order valence-corrected chi connectivity index (χ1v) is 9.02. The summed E-state index contributed by atoms with van der Waals surface area (Å²) in [5.41, 5.74) is 0.0744. The van der Waals surface area contributed by atoms with Gasteiger partial charge in [0.25, 0.3) is 5.91 Å². The number of hydrogen-bond donors (Lipinski definition) is 3. The molecule has 0 aliphatic heterocycles. The Bertz CT molecular complexity index is 605. The summed E-state index contributed by atoms with van der Waals surface area (Å²) in [4.78, 5) is 24.2. The summed E-state index contributed by atoms with van der Waals surface area (Å²) in [7, 11) is 0. The average Bonchev–Trinajstić information content (AvgIpc) is 2.93. The molecule has 0 aromatic carbocycles. The highest BCUT2D eigenvalue weighted by molar-refractivity contribution is 5.94. The molecule has 1 aromatic heterocycles. The molecule has 1 aliphatic rings. The van der Waals surface area contributed by atoms with Crippen molar-refractivity contribution in [1.82, 2.24) is 20.4 Å². The molecule has 2 amide bonds. The summed E-state index contributed by atoms with van der Waals surface area (Å²) in [5, 5.41) is 19.7. The standard InChI is InChI=1S/C18H30N4O3/c1-12(2)15(23)17(25)19-9-8-18(3,4)21-16(24)13-10-20-22(11-13)14-6-5-7-14/h10-12,14-15,23H,5-9H2,1-4H3,(H,19,25)(H,21,24)/t15-/m1/s1. The Morgan fingerprint density at radius 1 is 1.40 bits per heavy atom. The molecule has 1 fully saturated rings. The molecule has 0 spiro atoms. The fourth-order valence-electron chi connectivity index (χ4n) is 2.65. The third-order valence-electron chi connectivity index (χ3n) is 4.71. The first-order chi connectivity index (χ1) is 11.7. The van der Waals surface area contributed by atoms with Crippen molar-refractivity contribution < 1.29 is 14.7 Å². The van der Waals surface area contributed by atoms with Crippen LogP contribution in [0.4, 0.5) is 0 Å². The lowest BCUT2D eigenvalue weighted by molar-refractivity contribution is -0.131. The summed E-state index contributed by atoms with van der Waals surface area (Å²) in [6, 6.07) is 0.428. The fraction of sp³-hybridized carbons (Fsp3) is 0.722. The third kappa shape index (κ3) is 5.29. The maximum absolute atomic E-state index is 12.4. The van der Waals surface area contributed by atoms with Crippen LogP contribution < -0.4 is 10.6 Å². The normalized spacial score (nSPS) is 16.4. The fourth-order valence-corrected chi connectivity index (χ4v) is 2.65. The molecular weight excluding hydrogens is 320 g/mol. The van der Waals surface area contributed by atoms with Crippen molar-refractivity contribution in [2.75, 3.05) is 6.54 Å². The van der Waals surface area contributed by atoms with Gasteiger partial charge in [0.2, 0.25) is 5.91 Å². The van der Waals surface area contributed by atoms with Crippen molar-refractivity contribution >= 4 is 11.8 Å². The van der Waals surface area contributed by atoms with Crippen molar-refractivity contribution in [1.29, 1.82) is 0 Å². The lowest BCUT2D eigenvalue weighted by Gasteiger charge is -2.27. The Balaban J connectivity index is 1.80. The molecule has 140 valence electrons. The molecule has 7 nitrogen and oxygen atoms in total. The van der Waals surface area contributed by atoms with E-state index in [1.165, 1.54) is 6.42 Å². The van der Waals surface area contributed by atoms with Gasteiger partial charge in [0.05, 0.1) is 17.8 Å². The molecular formula is C18H30N4O3. The third-order valence-corrected chi connectivity index (χ3v) is 4.71. The van der Waals surface area contributed by atoms with E-state index in [0.29, 0.717) is 24.6 Å². The quantitative estimate of drug-likeness (QED) is 0.664. The van der Waals surface area contributed by atoms with Crippen LogP contribution in [0, 0.1) is 5.92 Å². The van der Waals surface area contributed by atoms with E-state index in [1.54, 1.807) is 26.2 Å². The van der Waals surface area contributed by atoms with Gasteiger partial charge in [-0.05, 0) is 45.4 Å². The highest BCUT2D eigenvalue weighted by Crippen LogP contribution is 2.30. The number of aromatic nitrogens is 2. The van der Waals surface area contributed by atoms with Crippen LogP contribution in [0.25, 0.3) is 0 Å². The molecule has 1 aliphatic carbocycles. The van der Waals surface area contributed by atoms with E-state index in [4.69, 9.17) is 0 Å². The molecule has 0 bridgehead atoms. The number of nitrogens with zero attached hydrogens (tertiary/aromatic N) is 2. The number of aliphatic hydroxyl groups excluding tert-OH is 1. The average molecular weight is 350 g/mol. The Kier molecular flexibility index (Phi) is 6.21. The van der Waals surface area contributed by atoms with E-state index < -0.39 is 11.6 Å². The van der Waals surface area contributed by atoms with Crippen LogP contribution >= 0.6 is 0 Å². The predicted molar refractivity (Wildman–Crippen MR) is 95.1 cm³/mol. The van der Waals surface area contributed by atoms with Gasteiger partial charge < -0.3 is 15.7 Å². The first kappa shape index (κ1) is 19.4. The molecule has 2 rings (SSSR count). The van der Waals surface area contributed by atoms with Crippen molar-refractivity contribution in [3.63, 3.8) is 0 Å². The van der Waals surface area contributed by atoms with Crippen LogP contribution in [-0.4, -0.2) is 44.9 Å². The molecule has 1 heterocycles. The number of rotatable bonds is 8. The van der Waals surface area contributed by atoms with Gasteiger partial charge in [0.15, 0.2) is 0 Å². The van der Waals surface area contributed by atoms with E-state index in [0.717, 1.165) is 12.8 Å². The van der Waals surface area contributed by atoms with E-state index >= 15 is 0 Å². The monoisotopic (exact) mass is 350 g/mol.